The number of likely N-dealkylation sites (tertiary alicyclic amines) is 1. The molecule has 0 radical (unpaired) electrons. The van der Waals surface area contributed by atoms with Crippen molar-refractivity contribution in [2.24, 2.45) is 11.7 Å². The second-order valence-electron chi connectivity index (χ2n) is 5.18. The number of nitrogens with two attached hydrogens (primary N) is 1. The molecule has 1 atom stereocenters. The standard InChI is InChI=1S/C15H21ClN2OS.ClH/c1-20-12-4-5-14(16)13(9-12)15(19)18-8-2-3-11(10-18)6-7-17;/h4-5,9,11H,2-3,6-8,10,17H2,1H3;1H. The van der Waals surface area contributed by atoms with Crippen LogP contribution in [-0.4, -0.2) is 36.7 Å². The van der Waals surface area contributed by atoms with E-state index in [-0.39, 0.29) is 18.3 Å². The average molecular weight is 349 g/mol. The van der Waals surface area contributed by atoms with Crippen LogP contribution in [0.4, 0.5) is 0 Å². The highest BCUT2D eigenvalue weighted by molar-refractivity contribution is 7.98. The van der Waals surface area contributed by atoms with Crippen molar-refractivity contribution in [3.05, 3.63) is 28.8 Å². The summed E-state index contributed by atoms with van der Waals surface area (Å²) in [5, 5.41) is 0.536. The SMILES string of the molecule is CSc1ccc(Cl)c(C(=O)N2CCCC(CCN)C2)c1.Cl. The summed E-state index contributed by atoms with van der Waals surface area (Å²) in [4.78, 5) is 15.6. The van der Waals surface area contributed by atoms with Crippen molar-refractivity contribution in [2.75, 3.05) is 25.9 Å². The van der Waals surface area contributed by atoms with Gasteiger partial charge in [0.15, 0.2) is 0 Å². The molecule has 2 N–H and O–H groups in total. The minimum absolute atomic E-state index is 0. The van der Waals surface area contributed by atoms with Gasteiger partial charge in [-0.15, -0.1) is 24.2 Å². The number of halogens is 2. The van der Waals surface area contributed by atoms with E-state index in [0.29, 0.717) is 23.0 Å². The zero-order chi connectivity index (χ0) is 14.5. The van der Waals surface area contributed by atoms with Gasteiger partial charge < -0.3 is 10.6 Å². The lowest BCUT2D eigenvalue weighted by Crippen LogP contribution is -2.40. The Hall–Kier alpha value is -0.420. The van der Waals surface area contributed by atoms with Gasteiger partial charge in [-0.3, -0.25) is 4.79 Å². The van der Waals surface area contributed by atoms with Crippen LogP contribution in [0.5, 0.6) is 0 Å². The van der Waals surface area contributed by atoms with Crippen molar-refractivity contribution >= 4 is 41.7 Å². The van der Waals surface area contributed by atoms with Crippen LogP contribution in [0.1, 0.15) is 29.6 Å². The van der Waals surface area contributed by atoms with Gasteiger partial charge in [0.25, 0.3) is 5.91 Å². The maximum atomic E-state index is 12.6. The van der Waals surface area contributed by atoms with E-state index in [0.717, 1.165) is 30.8 Å². The summed E-state index contributed by atoms with van der Waals surface area (Å²) in [6, 6.07) is 5.64. The van der Waals surface area contributed by atoms with Crippen LogP contribution in [0.15, 0.2) is 23.1 Å². The molecular weight excluding hydrogens is 327 g/mol. The summed E-state index contributed by atoms with van der Waals surface area (Å²) in [5.74, 6) is 0.577. The molecule has 0 aromatic heterocycles. The fourth-order valence-corrected chi connectivity index (χ4v) is 3.32. The summed E-state index contributed by atoms with van der Waals surface area (Å²) in [6.45, 7) is 2.31. The largest absolute Gasteiger partial charge is 0.338 e. The molecule has 0 aliphatic carbocycles. The number of hydrogen-bond acceptors (Lipinski definition) is 3. The Morgan fingerprint density at radius 1 is 1.52 bits per heavy atom. The minimum Gasteiger partial charge on any atom is -0.338 e. The molecule has 1 heterocycles. The topological polar surface area (TPSA) is 46.3 Å². The summed E-state index contributed by atoms with van der Waals surface area (Å²) in [7, 11) is 0. The molecule has 0 bridgehead atoms. The zero-order valence-corrected chi connectivity index (χ0v) is 14.6. The summed E-state index contributed by atoms with van der Waals surface area (Å²) in [5.41, 5.74) is 6.24. The monoisotopic (exact) mass is 348 g/mol. The Labute approximate surface area is 142 Å². The van der Waals surface area contributed by atoms with Gasteiger partial charge >= 0.3 is 0 Å². The Balaban J connectivity index is 0.00000220. The number of carbonyl (C=O) groups is 1. The Bertz CT molecular complexity index is 483. The van der Waals surface area contributed by atoms with Gasteiger partial charge in [-0.2, -0.15) is 0 Å². The van der Waals surface area contributed by atoms with Gasteiger partial charge in [-0.05, 0) is 56.2 Å². The third-order valence-corrected chi connectivity index (χ3v) is 4.84. The van der Waals surface area contributed by atoms with E-state index >= 15 is 0 Å². The van der Waals surface area contributed by atoms with Crippen molar-refractivity contribution in [1.29, 1.82) is 0 Å². The molecule has 6 heteroatoms. The number of nitrogens with zero attached hydrogens (tertiary/aromatic N) is 1. The second kappa shape index (κ2) is 8.89. The molecule has 1 fully saturated rings. The van der Waals surface area contributed by atoms with Gasteiger partial charge in [-0.25, -0.2) is 0 Å². The zero-order valence-electron chi connectivity index (χ0n) is 12.2. The summed E-state index contributed by atoms with van der Waals surface area (Å²) < 4.78 is 0. The first-order chi connectivity index (χ1) is 9.65. The third kappa shape index (κ3) is 4.78. The van der Waals surface area contributed by atoms with E-state index in [4.69, 9.17) is 17.3 Å². The van der Waals surface area contributed by atoms with Gasteiger partial charge in [0.05, 0.1) is 10.6 Å². The second-order valence-corrected chi connectivity index (χ2v) is 6.47. The normalized spacial score (nSPS) is 18.2. The predicted octanol–water partition coefficient (Wildman–Crippen LogP) is 3.68. The molecule has 1 aliphatic rings. The highest BCUT2D eigenvalue weighted by Gasteiger charge is 2.25. The number of amides is 1. The van der Waals surface area contributed by atoms with Gasteiger partial charge in [0.2, 0.25) is 0 Å². The van der Waals surface area contributed by atoms with Crippen LogP contribution in [0, 0.1) is 5.92 Å². The lowest BCUT2D eigenvalue weighted by atomic mass is 9.94. The Morgan fingerprint density at radius 2 is 2.29 bits per heavy atom. The molecule has 3 nitrogen and oxygen atoms in total. The van der Waals surface area contributed by atoms with Crippen LogP contribution >= 0.6 is 35.8 Å². The molecule has 1 unspecified atom stereocenters. The smallest absolute Gasteiger partial charge is 0.255 e. The quantitative estimate of drug-likeness (QED) is 0.844. The fraction of sp³-hybridized carbons (Fsp3) is 0.533. The van der Waals surface area contributed by atoms with E-state index in [2.05, 4.69) is 0 Å². The van der Waals surface area contributed by atoms with Crippen molar-refractivity contribution in [3.63, 3.8) is 0 Å². The van der Waals surface area contributed by atoms with E-state index < -0.39 is 0 Å². The first-order valence-corrected chi connectivity index (χ1v) is 8.59. The van der Waals surface area contributed by atoms with E-state index in [1.54, 1.807) is 11.8 Å². The van der Waals surface area contributed by atoms with Gasteiger partial charge in [0.1, 0.15) is 0 Å². The molecule has 118 valence electrons. The van der Waals surface area contributed by atoms with Crippen LogP contribution in [0.3, 0.4) is 0 Å². The van der Waals surface area contributed by atoms with Gasteiger partial charge in [-0.1, -0.05) is 11.6 Å². The van der Waals surface area contributed by atoms with Crippen LogP contribution < -0.4 is 5.73 Å². The first-order valence-electron chi connectivity index (χ1n) is 6.98. The van der Waals surface area contributed by atoms with Crippen molar-refractivity contribution in [3.8, 4) is 0 Å². The van der Waals surface area contributed by atoms with Crippen LogP contribution in [-0.2, 0) is 0 Å². The number of hydrogen-bond donors (Lipinski definition) is 1. The third-order valence-electron chi connectivity index (χ3n) is 3.79. The number of rotatable bonds is 4. The van der Waals surface area contributed by atoms with Crippen molar-refractivity contribution in [2.45, 2.75) is 24.2 Å². The maximum Gasteiger partial charge on any atom is 0.255 e. The fourth-order valence-electron chi connectivity index (χ4n) is 2.69. The molecule has 1 aromatic rings. The highest BCUT2D eigenvalue weighted by Crippen LogP contribution is 2.26. The van der Waals surface area contributed by atoms with Crippen molar-refractivity contribution < 1.29 is 4.79 Å². The molecule has 1 saturated heterocycles. The van der Waals surface area contributed by atoms with E-state index in [1.165, 1.54) is 6.42 Å². The molecule has 0 spiro atoms. The molecular formula is C15H22Cl2N2OS. The molecule has 1 aromatic carbocycles. The number of piperidine rings is 1. The number of carbonyl (C=O) groups excluding carboxylic acids is 1. The predicted molar refractivity (Wildman–Crippen MR) is 92.8 cm³/mol. The molecule has 1 aliphatic heterocycles. The van der Waals surface area contributed by atoms with Crippen LogP contribution in [0.25, 0.3) is 0 Å². The number of benzene rings is 1. The molecule has 2 rings (SSSR count). The molecule has 21 heavy (non-hydrogen) atoms. The lowest BCUT2D eigenvalue weighted by molar-refractivity contribution is 0.0669. The Kier molecular flexibility index (Phi) is 7.88. The van der Waals surface area contributed by atoms with Gasteiger partial charge in [0, 0.05) is 18.0 Å². The Morgan fingerprint density at radius 3 is 2.95 bits per heavy atom. The highest BCUT2D eigenvalue weighted by atomic mass is 35.5. The number of thioether (sulfide) groups is 1. The summed E-state index contributed by atoms with van der Waals surface area (Å²) in [6.07, 6.45) is 5.20. The lowest BCUT2D eigenvalue weighted by Gasteiger charge is -2.33. The minimum atomic E-state index is 0. The molecule has 1 amide bonds. The summed E-state index contributed by atoms with van der Waals surface area (Å²) >= 11 is 7.81. The maximum absolute atomic E-state index is 12.6. The average Bonchev–Trinajstić information content (AvgIpc) is 2.48. The van der Waals surface area contributed by atoms with Crippen LogP contribution in [0.2, 0.25) is 5.02 Å². The van der Waals surface area contributed by atoms with Crippen molar-refractivity contribution in [1.82, 2.24) is 4.90 Å². The first kappa shape index (κ1) is 18.6. The molecule has 0 saturated carbocycles. The van der Waals surface area contributed by atoms with E-state index in [9.17, 15) is 4.79 Å². The van der Waals surface area contributed by atoms with E-state index in [1.807, 2.05) is 29.4 Å².